The third-order valence-corrected chi connectivity index (χ3v) is 3.33. The molecule has 0 aliphatic rings. The van der Waals surface area contributed by atoms with Crippen molar-refractivity contribution in [2.24, 2.45) is 11.7 Å². The van der Waals surface area contributed by atoms with Gasteiger partial charge in [0.2, 0.25) is 0 Å². The largest absolute Gasteiger partial charge is 0.383 e. The molecule has 3 N–H and O–H groups in total. The van der Waals surface area contributed by atoms with Crippen molar-refractivity contribution in [3.8, 4) is 0 Å². The molecule has 6 nitrogen and oxygen atoms in total. The lowest BCUT2D eigenvalue weighted by atomic mass is 10.1. The van der Waals surface area contributed by atoms with Gasteiger partial charge in [-0.05, 0) is 24.1 Å². The number of anilines is 1. The van der Waals surface area contributed by atoms with E-state index in [4.69, 9.17) is 5.73 Å². The van der Waals surface area contributed by atoms with E-state index in [0.717, 1.165) is 11.1 Å². The van der Waals surface area contributed by atoms with Crippen molar-refractivity contribution in [1.29, 1.82) is 0 Å². The molecule has 0 bridgehead atoms. The molecule has 1 aromatic heterocycles. The Labute approximate surface area is 117 Å². The van der Waals surface area contributed by atoms with Crippen LogP contribution in [-0.2, 0) is 0 Å². The molecule has 2 aromatic rings. The molecule has 0 saturated heterocycles. The molecule has 0 radical (unpaired) electrons. The summed E-state index contributed by atoms with van der Waals surface area (Å²) < 4.78 is 0. The number of non-ortho nitro benzene ring substituents is 1. The third kappa shape index (κ3) is 2.85. The number of hydrogen-bond donors (Lipinski definition) is 2. The summed E-state index contributed by atoms with van der Waals surface area (Å²) >= 11 is 0. The van der Waals surface area contributed by atoms with Crippen molar-refractivity contribution in [3.63, 3.8) is 0 Å². The van der Waals surface area contributed by atoms with E-state index >= 15 is 0 Å². The van der Waals surface area contributed by atoms with E-state index in [0.29, 0.717) is 18.0 Å². The van der Waals surface area contributed by atoms with Crippen LogP contribution in [0.15, 0.2) is 30.5 Å². The van der Waals surface area contributed by atoms with E-state index < -0.39 is 4.92 Å². The number of hydrogen-bond acceptors (Lipinski definition) is 5. The first-order chi connectivity index (χ1) is 9.50. The molecule has 0 fully saturated rings. The number of nitrogens with zero attached hydrogens (tertiary/aromatic N) is 2. The van der Waals surface area contributed by atoms with Crippen molar-refractivity contribution in [2.45, 2.75) is 19.9 Å². The van der Waals surface area contributed by atoms with Gasteiger partial charge in [0.15, 0.2) is 0 Å². The topological polar surface area (TPSA) is 94.1 Å². The van der Waals surface area contributed by atoms with Gasteiger partial charge in [-0.15, -0.1) is 0 Å². The van der Waals surface area contributed by atoms with Crippen molar-refractivity contribution in [2.75, 3.05) is 11.9 Å². The van der Waals surface area contributed by atoms with Crippen LogP contribution in [0.25, 0.3) is 10.9 Å². The minimum Gasteiger partial charge on any atom is -0.383 e. The maximum absolute atomic E-state index is 11.0. The zero-order valence-electron chi connectivity index (χ0n) is 11.5. The van der Waals surface area contributed by atoms with Gasteiger partial charge in [0.1, 0.15) is 5.52 Å². The van der Waals surface area contributed by atoms with Crippen LogP contribution in [0.4, 0.5) is 11.4 Å². The minimum atomic E-state index is -0.418. The lowest BCUT2D eigenvalue weighted by molar-refractivity contribution is -0.383. The number of aromatic nitrogens is 1. The highest BCUT2D eigenvalue weighted by Gasteiger charge is 2.15. The van der Waals surface area contributed by atoms with Crippen LogP contribution in [0.5, 0.6) is 0 Å². The summed E-state index contributed by atoms with van der Waals surface area (Å²) in [4.78, 5) is 14.7. The smallest absolute Gasteiger partial charge is 0.295 e. The molecule has 0 aliphatic heterocycles. The molecule has 0 aliphatic carbocycles. The van der Waals surface area contributed by atoms with E-state index in [2.05, 4.69) is 24.1 Å². The molecule has 1 aromatic carbocycles. The predicted molar refractivity (Wildman–Crippen MR) is 79.7 cm³/mol. The first-order valence-electron chi connectivity index (χ1n) is 6.52. The molecule has 2 rings (SSSR count). The first-order valence-corrected chi connectivity index (χ1v) is 6.52. The van der Waals surface area contributed by atoms with Crippen LogP contribution in [0.1, 0.15) is 13.8 Å². The van der Waals surface area contributed by atoms with Gasteiger partial charge in [0.05, 0.1) is 4.92 Å². The van der Waals surface area contributed by atoms with Crippen LogP contribution in [-0.4, -0.2) is 22.5 Å². The number of nitrogens with one attached hydrogen (secondary N) is 1. The highest BCUT2D eigenvalue weighted by molar-refractivity contribution is 5.96. The molecule has 106 valence electrons. The lowest BCUT2D eigenvalue weighted by Crippen LogP contribution is -2.34. The second-order valence-electron chi connectivity index (χ2n) is 5.08. The summed E-state index contributed by atoms with van der Waals surface area (Å²) in [6, 6.07) is 6.78. The van der Waals surface area contributed by atoms with Crippen LogP contribution in [0.2, 0.25) is 0 Å². The number of fused-ring (bicyclic) bond motifs is 1. The Bertz CT molecular complexity index is 628. The minimum absolute atomic E-state index is 0.0132. The second kappa shape index (κ2) is 5.83. The summed E-state index contributed by atoms with van der Waals surface area (Å²) in [5.41, 5.74) is 7.22. The van der Waals surface area contributed by atoms with Gasteiger partial charge in [-0.2, -0.15) is 0 Å². The Kier molecular flexibility index (Phi) is 4.14. The molecule has 0 spiro atoms. The number of pyridine rings is 1. The van der Waals surface area contributed by atoms with Gasteiger partial charge in [0, 0.05) is 35.9 Å². The average molecular weight is 274 g/mol. The van der Waals surface area contributed by atoms with Gasteiger partial charge in [-0.25, -0.2) is 4.98 Å². The van der Waals surface area contributed by atoms with E-state index in [-0.39, 0.29) is 11.7 Å². The van der Waals surface area contributed by atoms with Crippen molar-refractivity contribution >= 4 is 22.3 Å². The Morgan fingerprint density at radius 3 is 2.80 bits per heavy atom. The van der Waals surface area contributed by atoms with Crippen LogP contribution in [0, 0.1) is 16.0 Å². The van der Waals surface area contributed by atoms with E-state index in [1.54, 1.807) is 18.3 Å². The number of benzene rings is 1. The number of rotatable bonds is 5. The molecule has 1 heterocycles. The third-order valence-electron chi connectivity index (χ3n) is 3.33. The monoisotopic (exact) mass is 274 g/mol. The predicted octanol–water partition coefficient (Wildman–Crippen LogP) is 2.54. The zero-order valence-corrected chi connectivity index (χ0v) is 11.5. The normalized spacial score (nSPS) is 12.6. The molecule has 6 heteroatoms. The number of nitro benzene ring substituents is 1. The van der Waals surface area contributed by atoms with Crippen LogP contribution < -0.4 is 11.1 Å². The Morgan fingerprint density at radius 1 is 1.40 bits per heavy atom. The maximum Gasteiger partial charge on any atom is 0.295 e. The van der Waals surface area contributed by atoms with Gasteiger partial charge in [-0.1, -0.05) is 13.8 Å². The Hall–Kier alpha value is -2.21. The summed E-state index contributed by atoms with van der Waals surface area (Å²) in [6.07, 6.45) is 1.55. The average Bonchev–Trinajstić information content (AvgIpc) is 2.43. The fraction of sp³-hybridized carbons (Fsp3) is 0.357. The molecule has 0 amide bonds. The molecular formula is C14H18N4O2. The highest BCUT2D eigenvalue weighted by atomic mass is 16.6. The Balaban J connectivity index is 2.36. The van der Waals surface area contributed by atoms with Gasteiger partial charge >= 0.3 is 0 Å². The number of nitrogens with two attached hydrogens (primary N) is 1. The zero-order chi connectivity index (χ0) is 14.7. The standard InChI is InChI=1S/C14H18N4O2/c1-9(2)11(15)8-17-12-5-6-13(18(19)20)14-10(12)4-3-7-16-14/h3-7,9,11,17H,8,15H2,1-2H3. The molecule has 1 unspecified atom stereocenters. The van der Waals surface area contributed by atoms with E-state index in [1.165, 1.54) is 6.07 Å². The van der Waals surface area contributed by atoms with Crippen molar-refractivity contribution in [3.05, 3.63) is 40.6 Å². The van der Waals surface area contributed by atoms with E-state index in [9.17, 15) is 10.1 Å². The summed E-state index contributed by atoms with van der Waals surface area (Å²) in [5.74, 6) is 0.366. The first kappa shape index (κ1) is 14.2. The molecule has 0 saturated carbocycles. The highest BCUT2D eigenvalue weighted by Crippen LogP contribution is 2.29. The van der Waals surface area contributed by atoms with Crippen LogP contribution in [0.3, 0.4) is 0 Å². The fourth-order valence-electron chi connectivity index (χ4n) is 1.92. The van der Waals surface area contributed by atoms with Gasteiger partial charge < -0.3 is 11.1 Å². The summed E-state index contributed by atoms with van der Waals surface area (Å²) in [5, 5.41) is 15.0. The van der Waals surface area contributed by atoms with E-state index in [1.807, 2.05) is 6.07 Å². The van der Waals surface area contributed by atoms with Crippen molar-refractivity contribution < 1.29 is 4.92 Å². The Morgan fingerprint density at radius 2 is 2.15 bits per heavy atom. The molecule has 20 heavy (non-hydrogen) atoms. The SMILES string of the molecule is CC(C)C(N)CNc1ccc([N+](=O)[O-])c2ncccc12. The number of nitro groups is 1. The second-order valence-corrected chi connectivity index (χ2v) is 5.08. The lowest BCUT2D eigenvalue weighted by Gasteiger charge is -2.17. The maximum atomic E-state index is 11.0. The van der Waals surface area contributed by atoms with Crippen molar-refractivity contribution in [1.82, 2.24) is 4.98 Å². The fourth-order valence-corrected chi connectivity index (χ4v) is 1.92. The molecule has 1 atom stereocenters. The van der Waals surface area contributed by atoms with Gasteiger partial charge in [0.25, 0.3) is 5.69 Å². The van der Waals surface area contributed by atoms with Crippen LogP contribution >= 0.6 is 0 Å². The molecular weight excluding hydrogens is 256 g/mol. The quantitative estimate of drug-likeness (QED) is 0.645. The summed E-state index contributed by atoms with van der Waals surface area (Å²) in [6.45, 7) is 4.73. The summed E-state index contributed by atoms with van der Waals surface area (Å²) in [7, 11) is 0. The van der Waals surface area contributed by atoms with Gasteiger partial charge in [-0.3, -0.25) is 10.1 Å².